The van der Waals surface area contributed by atoms with E-state index in [1.54, 1.807) is 39.9 Å². The molecule has 20 heteroatoms. The number of aromatic nitrogens is 10. The maximum atomic E-state index is 14.8. The molecular formula is C46H44F2N14O4. The van der Waals surface area contributed by atoms with E-state index in [1.807, 2.05) is 67.5 Å². The topological polar surface area (TPSA) is 198 Å². The highest BCUT2D eigenvalue weighted by molar-refractivity contribution is 6.01. The SMILES string of the molecule is C=CC(=O)Nc1ccc2c(c1)c(C)cn2-c1nc(Nc2cn(C3COC3)nc2C)ncc1F.C=CC(=O)Nc1ccc2c(c1)c(C)cn2-c1nc(Nc2cnn(C3COC3)c2C)ncc1F. The largest absolute Gasteiger partial charge is 0.377 e. The van der Waals surface area contributed by atoms with Crippen molar-refractivity contribution in [2.24, 2.45) is 0 Å². The zero-order valence-corrected chi connectivity index (χ0v) is 36.3. The number of rotatable bonds is 12. The number of anilines is 6. The minimum absolute atomic E-state index is 0.117. The summed E-state index contributed by atoms with van der Waals surface area (Å²) in [5.41, 5.74) is 7.78. The van der Waals surface area contributed by atoms with Gasteiger partial charge in [-0.15, -0.1) is 0 Å². The fourth-order valence-corrected chi connectivity index (χ4v) is 7.54. The van der Waals surface area contributed by atoms with Gasteiger partial charge in [-0.3, -0.25) is 28.1 Å². The molecule has 2 fully saturated rings. The third-order valence-electron chi connectivity index (χ3n) is 11.2. The fourth-order valence-electron chi connectivity index (χ4n) is 7.54. The Balaban J connectivity index is 0.000000166. The van der Waals surface area contributed by atoms with Crippen molar-refractivity contribution in [2.75, 3.05) is 47.7 Å². The highest BCUT2D eigenvalue weighted by atomic mass is 19.1. The second kappa shape index (κ2) is 17.8. The Kier molecular flexibility index (Phi) is 11.7. The van der Waals surface area contributed by atoms with E-state index in [0.717, 1.165) is 68.1 Å². The summed E-state index contributed by atoms with van der Waals surface area (Å²) < 4.78 is 47.2. The number of halogens is 2. The molecule has 0 radical (unpaired) electrons. The molecule has 2 aliphatic heterocycles. The monoisotopic (exact) mass is 894 g/mol. The molecule has 0 unspecified atom stereocenters. The molecule has 10 rings (SSSR count). The summed E-state index contributed by atoms with van der Waals surface area (Å²) in [6.07, 6.45) is 11.9. The molecule has 8 aromatic rings. The number of hydrogen-bond donors (Lipinski definition) is 4. The molecule has 0 bridgehead atoms. The number of benzene rings is 2. The van der Waals surface area contributed by atoms with Crippen LogP contribution in [0.4, 0.5) is 43.4 Å². The van der Waals surface area contributed by atoms with E-state index < -0.39 is 11.6 Å². The quantitative estimate of drug-likeness (QED) is 0.0877. The van der Waals surface area contributed by atoms with Crippen LogP contribution < -0.4 is 21.3 Å². The van der Waals surface area contributed by atoms with Crippen LogP contribution in [-0.2, 0) is 19.1 Å². The average Bonchev–Trinajstić information content (AvgIpc) is 4.00. The summed E-state index contributed by atoms with van der Waals surface area (Å²) in [4.78, 5) is 40.3. The number of nitrogens with one attached hydrogen (secondary N) is 4. The summed E-state index contributed by atoms with van der Waals surface area (Å²) in [6, 6.07) is 11.2. The molecule has 2 aromatic carbocycles. The first-order chi connectivity index (χ1) is 31.9. The third kappa shape index (κ3) is 8.49. The van der Waals surface area contributed by atoms with Crippen LogP contribution in [0.15, 0.2) is 98.9 Å². The maximum Gasteiger partial charge on any atom is 0.247 e. The molecule has 0 spiro atoms. The van der Waals surface area contributed by atoms with Crippen molar-refractivity contribution in [3.8, 4) is 11.6 Å². The molecule has 2 aliphatic rings. The van der Waals surface area contributed by atoms with Gasteiger partial charge in [0.25, 0.3) is 0 Å². The Hall–Kier alpha value is -8.10. The van der Waals surface area contributed by atoms with E-state index in [2.05, 4.69) is 64.6 Å². The first kappa shape index (κ1) is 43.2. The zero-order chi connectivity index (χ0) is 46.2. The maximum absolute atomic E-state index is 14.8. The molecule has 2 saturated heterocycles. The van der Waals surface area contributed by atoms with Gasteiger partial charge >= 0.3 is 0 Å². The van der Waals surface area contributed by atoms with Crippen molar-refractivity contribution in [3.05, 3.63) is 133 Å². The molecule has 18 nitrogen and oxygen atoms in total. The normalized spacial score (nSPS) is 13.7. The van der Waals surface area contributed by atoms with Gasteiger partial charge in [0.1, 0.15) is 0 Å². The fraction of sp³-hybridized carbons (Fsp3) is 0.217. The smallest absolute Gasteiger partial charge is 0.247 e. The molecule has 8 heterocycles. The Bertz CT molecular complexity index is 3040. The summed E-state index contributed by atoms with van der Waals surface area (Å²) in [5.74, 6) is -0.959. The number of ether oxygens (including phenoxy) is 2. The Morgan fingerprint density at radius 1 is 0.697 bits per heavy atom. The lowest BCUT2D eigenvalue weighted by atomic mass is 10.2. The van der Waals surface area contributed by atoms with Gasteiger partial charge in [-0.2, -0.15) is 20.2 Å². The lowest BCUT2D eigenvalue weighted by Crippen LogP contribution is -2.32. The van der Waals surface area contributed by atoms with Gasteiger partial charge in [-0.05, 0) is 87.4 Å². The minimum atomic E-state index is -0.555. The summed E-state index contributed by atoms with van der Waals surface area (Å²) in [6.45, 7) is 17.1. The molecule has 0 saturated carbocycles. The van der Waals surface area contributed by atoms with Gasteiger partial charge < -0.3 is 30.7 Å². The number of amides is 2. The highest BCUT2D eigenvalue weighted by Gasteiger charge is 2.25. The van der Waals surface area contributed by atoms with Crippen LogP contribution in [0, 0.1) is 39.3 Å². The Labute approximate surface area is 376 Å². The van der Waals surface area contributed by atoms with Gasteiger partial charge in [0.05, 0.1) is 90.9 Å². The molecular weight excluding hydrogens is 851 g/mol. The highest BCUT2D eigenvalue weighted by Crippen LogP contribution is 2.31. The van der Waals surface area contributed by atoms with E-state index in [4.69, 9.17) is 9.47 Å². The van der Waals surface area contributed by atoms with Crippen LogP contribution >= 0.6 is 0 Å². The van der Waals surface area contributed by atoms with Gasteiger partial charge in [-0.25, -0.2) is 18.7 Å². The van der Waals surface area contributed by atoms with Crippen molar-refractivity contribution in [1.82, 2.24) is 48.6 Å². The number of aryl methyl sites for hydroxylation is 3. The number of carbonyl (C=O) groups is 2. The molecule has 336 valence electrons. The van der Waals surface area contributed by atoms with E-state index in [9.17, 15) is 18.4 Å². The lowest BCUT2D eigenvalue weighted by molar-refractivity contribution is -0.112. The third-order valence-corrected chi connectivity index (χ3v) is 11.2. The number of carbonyl (C=O) groups excluding carboxylic acids is 2. The summed E-state index contributed by atoms with van der Waals surface area (Å²) in [5, 5.41) is 22.4. The molecule has 66 heavy (non-hydrogen) atoms. The van der Waals surface area contributed by atoms with Gasteiger partial charge in [-0.1, -0.05) is 13.2 Å². The standard InChI is InChI=1S/2C23H22FN7O2/c1-4-21(32)27-15-5-6-20-17(7-15)13(2)10-30(20)22-18(24)8-25-23(29-22)28-19-9-26-31(14(19)3)16-11-33-12-16;1-4-21(32)26-15-5-6-20-17(7-15)13(2)9-30(20)22-18(24)8-25-23(28-22)27-19-10-31(29-14(19)3)16-11-33-12-16/h4-10,16H,1,11-12H2,2-3H3,(H,27,32)(H,25,28,29);4-10,16H,1,11-12H2,2-3H3,(H,26,32)(H,25,27,28). The van der Waals surface area contributed by atoms with Crippen molar-refractivity contribution in [3.63, 3.8) is 0 Å². The molecule has 4 N–H and O–H groups in total. The van der Waals surface area contributed by atoms with Gasteiger partial charge in [0.15, 0.2) is 23.3 Å². The molecule has 0 atom stereocenters. The van der Waals surface area contributed by atoms with Crippen molar-refractivity contribution in [2.45, 2.75) is 39.8 Å². The Morgan fingerprint density at radius 2 is 1.20 bits per heavy atom. The van der Waals surface area contributed by atoms with Crippen molar-refractivity contribution in [1.29, 1.82) is 0 Å². The lowest BCUT2D eigenvalue weighted by Gasteiger charge is -2.27. The number of nitrogens with zero attached hydrogens (tertiary/aromatic N) is 10. The van der Waals surface area contributed by atoms with Crippen LogP contribution in [-0.4, -0.2) is 86.9 Å². The Morgan fingerprint density at radius 3 is 1.67 bits per heavy atom. The summed E-state index contributed by atoms with van der Waals surface area (Å²) in [7, 11) is 0. The van der Waals surface area contributed by atoms with Crippen molar-refractivity contribution < 1.29 is 27.8 Å². The van der Waals surface area contributed by atoms with E-state index >= 15 is 0 Å². The van der Waals surface area contributed by atoms with Gasteiger partial charge in [0.2, 0.25) is 23.7 Å². The first-order valence-electron chi connectivity index (χ1n) is 20.8. The van der Waals surface area contributed by atoms with Gasteiger partial charge in [0, 0.05) is 40.7 Å². The van der Waals surface area contributed by atoms with E-state index in [1.165, 1.54) is 12.2 Å². The predicted octanol–water partition coefficient (Wildman–Crippen LogP) is 7.62. The van der Waals surface area contributed by atoms with Crippen LogP contribution in [0.2, 0.25) is 0 Å². The van der Waals surface area contributed by atoms with Crippen LogP contribution in [0.3, 0.4) is 0 Å². The summed E-state index contributed by atoms with van der Waals surface area (Å²) >= 11 is 0. The average molecular weight is 895 g/mol. The van der Waals surface area contributed by atoms with E-state index in [-0.39, 0.29) is 47.4 Å². The number of hydrogen-bond acceptors (Lipinski definition) is 12. The second-order valence-corrected chi connectivity index (χ2v) is 15.8. The zero-order valence-electron chi connectivity index (χ0n) is 36.3. The predicted molar refractivity (Wildman–Crippen MR) is 245 cm³/mol. The molecule has 2 amide bonds. The van der Waals surface area contributed by atoms with Crippen LogP contribution in [0.25, 0.3) is 33.4 Å². The van der Waals surface area contributed by atoms with Crippen molar-refractivity contribution >= 4 is 68.3 Å². The first-order valence-corrected chi connectivity index (χ1v) is 20.8. The van der Waals surface area contributed by atoms with Crippen LogP contribution in [0.1, 0.15) is 34.6 Å². The van der Waals surface area contributed by atoms with Crippen LogP contribution in [0.5, 0.6) is 0 Å². The van der Waals surface area contributed by atoms with E-state index in [0.29, 0.717) is 37.8 Å². The second-order valence-electron chi connectivity index (χ2n) is 15.8. The number of fused-ring (bicyclic) bond motifs is 2. The minimum Gasteiger partial charge on any atom is -0.377 e. The molecule has 0 aliphatic carbocycles. The molecule has 6 aromatic heterocycles.